The Morgan fingerprint density at radius 3 is 2.51 bits per heavy atom. The second-order valence-electron chi connectivity index (χ2n) is 10.0. The van der Waals surface area contributed by atoms with E-state index < -0.39 is 6.16 Å². The van der Waals surface area contributed by atoms with E-state index in [4.69, 9.17) is 42.1 Å². The normalized spacial score (nSPS) is 13.8. The van der Waals surface area contributed by atoms with E-state index in [2.05, 4.69) is 21.7 Å². The van der Waals surface area contributed by atoms with E-state index in [1.807, 2.05) is 42.5 Å². The van der Waals surface area contributed by atoms with Crippen molar-refractivity contribution in [3.05, 3.63) is 58.6 Å². The Morgan fingerprint density at radius 1 is 0.878 bits per heavy atom. The number of carbonyl (C=O) groups excluding carboxylic acids is 1. The zero-order valence-corrected chi connectivity index (χ0v) is 25.2. The van der Waals surface area contributed by atoms with Gasteiger partial charge < -0.3 is 23.8 Å². The summed E-state index contributed by atoms with van der Waals surface area (Å²) in [4.78, 5) is 21.0. The van der Waals surface area contributed by atoms with Crippen LogP contribution in [0, 0.1) is 0 Å². The molecule has 3 aromatic rings. The molecule has 8 nitrogen and oxygen atoms in total. The van der Waals surface area contributed by atoms with Crippen LogP contribution >= 0.6 is 23.2 Å². The molecule has 0 bridgehead atoms. The molecule has 0 saturated carbocycles. The van der Waals surface area contributed by atoms with Crippen LogP contribution in [0.5, 0.6) is 11.6 Å². The molecular weight excluding hydrogens is 565 g/mol. The second-order valence-corrected chi connectivity index (χ2v) is 10.8. The SMILES string of the molecule is CCCCCCOC(=O)OCOc1ccc2ccc(OCCCCN3CCN(c4cccc(Cl)c4Cl)CC3)cc2n1. The number of hydrogen-bond donors (Lipinski definition) is 0. The lowest BCUT2D eigenvalue weighted by Gasteiger charge is -2.36. The molecule has 0 N–H and O–H groups in total. The summed E-state index contributed by atoms with van der Waals surface area (Å²) < 4.78 is 21.5. The number of aromatic nitrogens is 1. The predicted octanol–water partition coefficient (Wildman–Crippen LogP) is 7.59. The summed E-state index contributed by atoms with van der Waals surface area (Å²) in [6.45, 7) is 7.76. The van der Waals surface area contributed by atoms with Crippen molar-refractivity contribution in [3.63, 3.8) is 0 Å². The van der Waals surface area contributed by atoms with Crippen LogP contribution in [0.4, 0.5) is 10.5 Å². The standard InChI is InChI=1S/C31H39Cl2N3O5/c1-2-3-4-6-21-39-31(37)41-23-40-29-14-12-24-11-13-25(22-27(24)34-29)38-20-7-5-15-35-16-18-36(19-17-35)28-10-8-9-26(32)30(28)33/h8-14,22H,2-7,15-21,23H2,1H3. The number of ether oxygens (including phenoxy) is 4. The van der Waals surface area contributed by atoms with E-state index in [9.17, 15) is 4.79 Å². The number of carbonyl (C=O) groups is 1. The number of nitrogens with zero attached hydrogens (tertiary/aromatic N) is 3. The number of halogens is 2. The minimum atomic E-state index is -0.734. The molecule has 1 aromatic heterocycles. The Balaban J connectivity index is 1.12. The minimum absolute atomic E-state index is 0.258. The molecule has 0 radical (unpaired) electrons. The van der Waals surface area contributed by atoms with Crippen LogP contribution in [0.1, 0.15) is 45.4 Å². The Labute approximate surface area is 252 Å². The predicted molar refractivity (Wildman–Crippen MR) is 164 cm³/mol. The van der Waals surface area contributed by atoms with Crippen LogP contribution in [0.2, 0.25) is 10.0 Å². The second kappa shape index (κ2) is 16.5. The van der Waals surface area contributed by atoms with Gasteiger partial charge in [-0.2, -0.15) is 0 Å². The lowest BCUT2D eigenvalue weighted by Crippen LogP contribution is -2.46. The van der Waals surface area contributed by atoms with Crippen LogP contribution in [0.3, 0.4) is 0 Å². The Bertz CT molecular complexity index is 1250. The van der Waals surface area contributed by atoms with E-state index in [-0.39, 0.29) is 6.79 Å². The van der Waals surface area contributed by atoms with Crippen molar-refractivity contribution in [2.75, 3.05) is 57.6 Å². The van der Waals surface area contributed by atoms with Crippen LogP contribution in [-0.2, 0) is 9.47 Å². The van der Waals surface area contributed by atoms with Gasteiger partial charge in [0.15, 0.2) is 0 Å². The quantitative estimate of drug-likeness (QED) is 0.0998. The molecule has 0 atom stereocenters. The largest absolute Gasteiger partial charge is 0.511 e. The Hall–Kier alpha value is -2.94. The fourth-order valence-corrected chi connectivity index (χ4v) is 5.10. The summed E-state index contributed by atoms with van der Waals surface area (Å²) in [6, 6.07) is 15.3. The fourth-order valence-electron chi connectivity index (χ4n) is 4.69. The van der Waals surface area contributed by atoms with Gasteiger partial charge in [-0.25, -0.2) is 9.78 Å². The third-order valence-electron chi connectivity index (χ3n) is 7.02. The number of fused-ring (bicyclic) bond motifs is 1. The third-order valence-corrected chi connectivity index (χ3v) is 7.83. The fraction of sp³-hybridized carbons (Fsp3) is 0.484. The van der Waals surface area contributed by atoms with Crippen molar-refractivity contribution in [3.8, 4) is 11.6 Å². The zero-order valence-electron chi connectivity index (χ0n) is 23.7. The molecular formula is C31H39Cl2N3O5. The van der Waals surface area contributed by atoms with Crippen molar-refractivity contribution in [1.29, 1.82) is 0 Å². The number of pyridine rings is 1. The van der Waals surface area contributed by atoms with Crippen molar-refractivity contribution in [1.82, 2.24) is 9.88 Å². The molecule has 4 rings (SSSR count). The highest BCUT2D eigenvalue weighted by atomic mass is 35.5. The van der Waals surface area contributed by atoms with E-state index in [0.717, 1.165) is 93.6 Å². The van der Waals surface area contributed by atoms with Gasteiger partial charge in [0.2, 0.25) is 12.7 Å². The van der Waals surface area contributed by atoms with Gasteiger partial charge in [-0.05, 0) is 56.1 Å². The van der Waals surface area contributed by atoms with Crippen LogP contribution in [0.25, 0.3) is 10.9 Å². The first-order valence-electron chi connectivity index (χ1n) is 14.4. The summed E-state index contributed by atoms with van der Waals surface area (Å²) in [5, 5.41) is 2.20. The molecule has 0 unspecified atom stereocenters. The molecule has 1 saturated heterocycles. The summed E-state index contributed by atoms with van der Waals surface area (Å²) in [5.74, 6) is 1.13. The van der Waals surface area contributed by atoms with E-state index in [0.29, 0.717) is 29.1 Å². The van der Waals surface area contributed by atoms with Gasteiger partial charge in [-0.15, -0.1) is 0 Å². The van der Waals surface area contributed by atoms with Crippen molar-refractivity contribution in [2.24, 2.45) is 0 Å². The lowest BCUT2D eigenvalue weighted by atomic mass is 10.2. The highest BCUT2D eigenvalue weighted by Crippen LogP contribution is 2.33. The smallest absolute Gasteiger partial charge is 0.494 e. The topological polar surface area (TPSA) is 73.4 Å². The number of benzene rings is 2. The molecule has 10 heteroatoms. The maximum atomic E-state index is 11.7. The van der Waals surface area contributed by atoms with Crippen molar-refractivity contribution >= 4 is 45.9 Å². The average Bonchev–Trinajstić information content (AvgIpc) is 2.98. The molecule has 0 spiro atoms. The summed E-state index contributed by atoms with van der Waals surface area (Å²) in [5.41, 5.74) is 1.76. The van der Waals surface area contributed by atoms with E-state index in [1.165, 1.54) is 0 Å². The summed E-state index contributed by atoms with van der Waals surface area (Å²) in [7, 11) is 0. The van der Waals surface area contributed by atoms with E-state index >= 15 is 0 Å². The third kappa shape index (κ3) is 9.83. The van der Waals surface area contributed by atoms with Gasteiger partial charge in [-0.3, -0.25) is 4.90 Å². The number of piperazine rings is 1. The van der Waals surface area contributed by atoms with Crippen LogP contribution in [0.15, 0.2) is 48.5 Å². The maximum absolute atomic E-state index is 11.7. The van der Waals surface area contributed by atoms with Crippen LogP contribution < -0.4 is 14.4 Å². The minimum Gasteiger partial charge on any atom is -0.494 e. The van der Waals surface area contributed by atoms with Gasteiger partial charge in [0, 0.05) is 43.7 Å². The molecule has 1 aliphatic rings. The van der Waals surface area contributed by atoms with Gasteiger partial charge >= 0.3 is 6.16 Å². The molecule has 2 heterocycles. The molecule has 2 aromatic carbocycles. The maximum Gasteiger partial charge on any atom is 0.511 e. The van der Waals surface area contributed by atoms with Crippen molar-refractivity contribution < 1.29 is 23.7 Å². The zero-order chi connectivity index (χ0) is 28.9. The monoisotopic (exact) mass is 603 g/mol. The molecule has 1 fully saturated rings. The first-order valence-corrected chi connectivity index (χ1v) is 15.2. The molecule has 0 amide bonds. The molecule has 1 aliphatic heterocycles. The van der Waals surface area contributed by atoms with Crippen molar-refractivity contribution in [2.45, 2.75) is 45.4 Å². The molecule has 0 aliphatic carbocycles. The molecule has 41 heavy (non-hydrogen) atoms. The first-order chi connectivity index (χ1) is 20.0. The first kappa shape index (κ1) is 31.0. The Morgan fingerprint density at radius 2 is 1.68 bits per heavy atom. The summed E-state index contributed by atoms with van der Waals surface area (Å²) in [6.07, 6.45) is 5.41. The number of hydrogen-bond acceptors (Lipinski definition) is 8. The molecule has 222 valence electrons. The number of unbranched alkanes of at least 4 members (excludes halogenated alkanes) is 4. The lowest BCUT2D eigenvalue weighted by molar-refractivity contribution is 0.00269. The number of rotatable bonds is 15. The summed E-state index contributed by atoms with van der Waals surface area (Å²) >= 11 is 12.6. The Kier molecular flexibility index (Phi) is 12.5. The van der Waals surface area contributed by atoms with Gasteiger partial charge in [0.25, 0.3) is 0 Å². The highest BCUT2D eigenvalue weighted by molar-refractivity contribution is 6.43. The van der Waals surface area contributed by atoms with Gasteiger partial charge in [0.05, 0.1) is 34.5 Å². The highest BCUT2D eigenvalue weighted by Gasteiger charge is 2.19. The number of anilines is 1. The van der Waals surface area contributed by atoms with E-state index in [1.54, 1.807) is 6.07 Å². The average molecular weight is 605 g/mol. The van der Waals surface area contributed by atoms with Gasteiger partial charge in [0.1, 0.15) is 5.75 Å². The van der Waals surface area contributed by atoms with Crippen LogP contribution in [-0.4, -0.2) is 68.8 Å². The van der Waals surface area contributed by atoms with Gasteiger partial charge in [-0.1, -0.05) is 55.5 Å².